The smallest absolute Gasteiger partial charge is 0.0795 e. The molecule has 0 bridgehead atoms. The molecule has 0 aliphatic heterocycles. The summed E-state index contributed by atoms with van der Waals surface area (Å²) in [7, 11) is 0. The lowest BCUT2D eigenvalue weighted by atomic mass is 9.98. The maximum Gasteiger partial charge on any atom is 0.0795 e. The summed E-state index contributed by atoms with van der Waals surface area (Å²) >= 11 is 1.66. The predicted molar refractivity (Wildman–Crippen MR) is 62.5 cm³/mol. The number of rotatable bonds is 5. The van der Waals surface area contributed by atoms with E-state index in [0.717, 1.165) is 24.1 Å². The summed E-state index contributed by atoms with van der Waals surface area (Å²) in [6.45, 7) is 10.0. The molecule has 2 nitrogen and oxygen atoms in total. The molecule has 2 unspecified atom stereocenters. The third-order valence-electron chi connectivity index (χ3n) is 2.78. The lowest BCUT2D eigenvalue weighted by Gasteiger charge is -2.19. The topological polar surface area (TPSA) is 24.9 Å². The van der Waals surface area contributed by atoms with Gasteiger partial charge in [-0.2, -0.15) is 0 Å². The van der Waals surface area contributed by atoms with Crippen LogP contribution < -0.4 is 5.32 Å². The van der Waals surface area contributed by atoms with Crippen molar-refractivity contribution in [2.24, 2.45) is 11.8 Å². The largest absolute Gasteiger partial charge is 0.309 e. The molecule has 0 saturated heterocycles. The normalized spacial score (nSPS) is 15.8. The second-order valence-corrected chi connectivity index (χ2v) is 4.98. The van der Waals surface area contributed by atoms with Gasteiger partial charge in [0.2, 0.25) is 0 Å². The molecule has 1 aromatic heterocycles. The molecular formula is C11H20N2S. The van der Waals surface area contributed by atoms with Crippen LogP contribution in [0.3, 0.4) is 0 Å². The van der Waals surface area contributed by atoms with Crippen LogP contribution in [-0.4, -0.2) is 11.5 Å². The highest BCUT2D eigenvalue weighted by molar-refractivity contribution is 7.07. The molecule has 1 rings (SSSR count). The van der Waals surface area contributed by atoms with Gasteiger partial charge in [0.05, 0.1) is 11.2 Å². The van der Waals surface area contributed by atoms with E-state index in [9.17, 15) is 0 Å². The first kappa shape index (κ1) is 11.7. The Hall–Kier alpha value is -0.410. The summed E-state index contributed by atoms with van der Waals surface area (Å²) in [6, 6.07) is 0.377. The molecule has 1 N–H and O–H groups in total. The van der Waals surface area contributed by atoms with Crippen molar-refractivity contribution in [3.8, 4) is 0 Å². The van der Waals surface area contributed by atoms with E-state index >= 15 is 0 Å². The Morgan fingerprint density at radius 1 is 1.36 bits per heavy atom. The summed E-state index contributed by atoms with van der Waals surface area (Å²) in [5.41, 5.74) is 3.05. The molecule has 0 fully saturated rings. The molecule has 80 valence electrons. The monoisotopic (exact) mass is 212 g/mol. The minimum Gasteiger partial charge on any atom is -0.309 e. The van der Waals surface area contributed by atoms with Crippen LogP contribution in [0.4, 0.5) is 0 Å². The fourth-order valence-electron chi connectivity index (χ4n) is 1.14. The Morgan fingerprint density at radius 3 is 2.57 bits per heavy atom. The summed E-state index contributed by atoms with van der Waals surface area (Å²) in [5.74, 6) is 1.46. The van der Waals surface area contributed by atoms with Gasteiger partial charge in [-0.3, -0.25) is 0 Å². The molecule has 3 heteroatoms. The molecule has 2 atom stereocenters. The first-order valence-electron chi connectivity index (χ1n) is 5.22. The lowest BCUT2D eigenvalue weighted by molar-refractivity contribution is 0.374. The third-order valence-corrected chi connectivity index (χ3v) is 3.38. The van der Waals surface area contributed by atoms with Gasteiger partial charge in [-0.1, -0.05) is 20.8 Å². The van der Waals surface area contributed by atoms with Crippen molar-refractivity contribution in [1.29, 1.82) is 0 Å². The van der Waals surface area contributed by atoms with Crippen molar-refractivity contribution in [3.63, 3.8) is 0 Å². The Kier molecular flexibility index (Phi) is 4.55. The number of thiazole rings is 1. The third kappa shape index (κ3) is 3.39. The van der Waals surface area contributed by atoms with Gasteiger partial charge < -0.3 is 5.32 Å². The molecule has 0 amide bonds. The molecule has 1 heterocycles. The van der Waals surface area contributed by atoms with E-state index in [4.69, 9.17) is 0 Å². The van der Waals surface area contributed by atoms with Crippen LogP contribution in [-0.2, 0) is 0 Å². The minimum atomic E-state index is 0.377. The van der Waals surface area contributed by atoms with Crippen LogP contribution >= 0.6 is 11.3 Å². The number of nitrogens with one attached hydrogen (secondary N) is 1. The van der Waals surface area contributed by atoms with Crippen molar-refractivity contribution in [2.75, 3.05) is 6.54 Å². The Balaban J connectivity index is 2.32. The summed E-state index contributed by atoms with van der Waals surface area (Å²) in [6.07, 6.45) is 0. The van der Waals surface area contributed by atoms with Crippen LogP contribution in [0.15, 0.2) is 10.9 Å². The lowest BCUT2D eigenvalue weighted by Crippen LogP contribution is -2.26. The van der Waals surface area contributed by atoms with Crippen LogP contribution in [0.1, 0.15) is 39.4 Å². The highest BCUT2D eigenvalue weighted by Crippen LogP contribution is 2.14. The predicted octanol–water partition coefficient (Wildman–Crippen LogP) is 3.09. The average Bonchev–Trinajstić information content (AvgIpc) is 2.66. The Bertz CT molecular complexity index is 244. The summed E-state index contributed by atoms with van der Waals surface area (Å²) in [4.78, 5) is 4.29. The van der Waals surface area contributed by atoms with Gasteiger partial charge in [0.1, 0.15) is 0 Å². The van der Waals surface area contributed by atoms with Gasteiger partial charge in [-0.15, -0.1) is 11.3 Å². The van der Waals surface area contributed by atoms with Crippen molar-refractivity contribution in [3.05, 3.63) is 16.6 Å². The fourth-order valence-corrected chi connectivity index (χ4v) is 1.79. The van der Waals surface area contributed by atoms with Gasteiger partial charge >= 0.3 is 0 Å². The van der Waals surface area contributed by atoms with Gasteiger partial charge in [0.25, 0.3) is 0 Å². The van der Waals surface area contributed by atoms with Crippen molar-refractivity contribution in [2.45, 2.75) is 33.7 Å². The summed E-state index contributed by atoms with van der Waals surface area (Å²) < 4.78 is 0. The van der Waals surface area contributed by atoms with Gasteiger partial charge in [0, 0.05) is 11.4 Å². The van der Waals surface area contributed by atoms with E-state index < -0.39 is 0 Å². The van der Waals surface area contributed by atoms with Crippen molar-refractivity contribution in [1.82, 2.24) is 10.3 Å². The van der Waals surface area contributed by atoms with E-state index in [1.165, 1.54) is 0 Å². The van der Waals surface area contributed by atoms with Gasteiger partial charge in [-0.25, -0.2) is 4.98 Å². The quantitative estimate of drug-likeness (QED) is 0.811. The van der Waals surface area contributed by atoms with Crippen LogP contribution in [0, 0.1) is 11.8 Å². The zero-order valence-corrected chi connectivity index (χ0v) is 10.3. The van der Waals surface area contributed by atoms with Crippen LogP contribution in [0.2, 0.25) is 0 Å². The number of aromatic nitrogens is 1. The van der Waals surface area contributed by atoms with E-state index in [1.54, 1.807) is 11.3 Å². The molecule has 14 heavy (non-hydrogen) atoms. The van der Waals surface area contributed by atoms with Crippen molar-refractivity contribution < 1.29 is 0 Å². The van der Waals surface area contributed by atoms with Crippen molar-refractivity contribution >= 4 is 11.3 Å². The Morgan fingerprint density at radius 2 is 2.07 bits per heavy atom. The maximum atomic E-state index is 4.29. The summed E-state index contributed by atoms with van der Waals surface area (Å²) in [5, 5.41) is 5.62. The Labute approximate surface area is 90.8 Å². The maximum absolute atomic E-state index is 4.29. The molecule has 0 radical (unpaired) electrons. The van der Waals surface area contributed by atoms with Gasteiger partial charge in [0.15, 0.2) is 0 Å². The number of nitrogens with zero attached hydrogens (tertiary/aromatic N) is 1. The van der Waals surface area contributed by atoms with Gasteiger partial charge in [-0.05, 0) is 25.3 Å². The van der Waals surface area contributed by atoms with E-state index in [2.05, 4.69) is 43.4 Å². The molecule has 0 saturated carbocycles. The molecule has 0 aromatic carbocycles. The average molecular weight is 212 g/mol. The zero-order valence-electron chi connectivity index (χ0n) is 9.45. The zero-order chi connectivity index (χ0) is 10.6. The number of hydrogen-bond donors (Lipinski definition) is 1. The second kappa shape index (κ2) is 5.47. The van der Waals surface area contributed by atoms with Crippen LogP contribution in [0.5, 0.6) is 0 Å². The number of hydrogen-bond acceptors (Lipinski definition) is 3. The molecule has 0 spiro atoms. The molecular weight excluding hydrogens is 192 g/mol. The first-order chi connectivity index (χ1) is 6.61. The molecule has 0 aliphatic rings. The standard InChI is InChI=1S/C11H20N2S/c1-8(2)9(3)5-12-10(4)11-6-14-7-13-11/h6-10,12H,5H2,1-4H3. The van der Waals surface area contributed by atoms with Crippen LogP contribution in [0.25, 0.3) is 0 Å². The molecule has 0 aliphatic carbocycles. The highest BCUT2D eigenvalue weighted by atomic mass is 32.1. The fraction of sp³-hybridized carbons (Fsp3) is 0.727. The second-order valence-electron chi connectivity index (χ2n) is 4.26. The SMILES string of the molecule is CC(NCC(C)C(C)C)c1cscn1. The van der Waals surface area contributed by atoms with E-state index in [-0.39, 0.29) is 0 Å². The minimum absolute atomic E-state index is 0.377. The van der Waals surface area contributed by atoms with E-state index in [1.807, 2.05) is 5.51 Å². The molecule has 1 aromatic rings. The first-order valence-corrected chi connectivity index (χ1v) is 6.17. The highest BCUT2D eigenvalue weighted by Gasteiger charge is 2.10. The van der Waals surface area contributed by atoms with E-state index in [0.29, 0.717) is 6.04 Å².